The van der Waals surface area contributed by atoms with Gasteiger partial charge in [-0.25, -0.2) is 0 Å². The normalized spacial score (nSPS) is 23.7. The number of hydrogen-bond acceptors (Lipinski definition) is 5. The molecule has 2 unspecified atom stereocenters. The number of hydrogen-bond donors (Lipinski definition) is 2. The van der Waals surface area contributed by atoms with E-state index in [9.17, 15) is 14.7 Å². The molecule has 1 amide bonds. The maximum absolute atomic E-state index is 12.2. The zero-order chi connectivity index (χ0) is 14.1. The van der Waals surface area contributed by atoms with Crippen LogP contribution in [0, 0.1) is 0 Å². The molecule has 0 radical (unpaired) electrons. The van der Waals surface area contributed by atoms with Gasteiger partial charge >= 0.3 is 0 Å². The fourth-order valence-electron chi connectivity index (χ4n) is 2.21. The Kier molecular flexibility index (Phi) is 8.09. The van der Waals surface area contributed by atoms with Crippen LogP contribution in [0.4, 0.5) is 0 Å². The van der Waals surface area contributed by atoms with Gasteiger partial charge < -0.3 is 19.9 Å². The average molecular weight is 289 g/mol. The topological polar surface area (TPSA) is 77.8 Å². The van der Waals surface area contributed by atoms with Crippen molar-refractivity contribution in [2.45, 2.75) is 43.5 Å². The molecule has 0 saturated carbocycles. The van der Waals surface area contributed by atoms with Gasteiger partial charge in [-0.05, 0) is 19.3 Å². The molecular weight excluding hydrogens is 266 g/mol. The third kappa shape index (κ3) is 5.93. The van der Waals surface area contributed by atoms with Crippen molar-refractivity contribution < 1.29 is 19.8 Å². The molecule has 1 aliphatic heterocycles. The van der Waals surface area contributed by atoms with E-state index in [4.69, 9.17) is 5.11 Å². The number of likely N-dealkylation sites (tertiary alicyclic amines) is 1. The number of nitrogens with zero attached hydrogens (tertiary/aromatic N) is 1. The third-order valence-corrected chi connectivity index (χ3v) is 4.38. The predicted molar refractivity (Wildman–Crippen MR) is 75.1 cm³/mol. The van der Waals surface area contributed by atoms with Gasteiger partial charge in [-0.2, -0.15) is 0 Å². The van der Waals surface area contributed by atoms with Crippen LogP contribution in [-0.2, 0) is 9.59 Å². The van der Waals surface area contributed by atoms with Crippen LogP contribution < -0.4 is 0 Å². The molecule has 1 aliphatic rings. The van der Waals surface area contributed by atoms with E-state index in [0.717, 1.165) is 25.5 Å². The summed E-state index contributed by atoms with van der Waals surface area (Å²) in [5.74, 6) is 0.593. The Morgan fingerprint density at radius 2 is 2.16 bits per heavy atom. The molecule has 1 rings (SSSR count). The zero-order valence-electron chi connectivity index (χ0n) is 11.2. The summed E-state index contributed by atoms with van der Waals surface area (Å²) in [5.41, 5.74) is 0. The molecule has 2 atom stereocenters. The van der Waals surface area contributed by atoms with E-state index in [0.29, 0.717) is 31.7 Å². The van der Waals surface area contributed by atoms with E-state index >= 15 is 0 Å². The quantitative estimate of drug-likeness (QED) is 0.475. The van der Waals surface area contributed by atoms with Gasteiger partial charge in [-0.15, -0.1) is 11.8 Å². The number of piperidine rings is 1. The van der Waals surface area contributed by atoms with Crippen molar-refractivity contribution in [2.24, 2.45) is 0 Å². The van der Waals surface area contributed by atoms with Crippen LogP contribution in [0.1, 0.15) is 32.1 Å². The highest BCUT2D eigenvalue weighted by Crippen LogP contribution is 2.24. The highest BCUT2D eigenvalue weighted by Gasteiger charge is 2.33. The number of aldehydes is 1. The van der Waals surface area contributed by atoms with Gasteiger partial charge in [0.05, 0.1) is 18.0 Å². The lowest BCUT2D eigenvalue weighted by Gasteiger charge is -2.35. The summed E-state index contributed by atoms with van der Waals surface area (Å²) in [6.07, 6.45) is 4.14. The molecule has 2 N–H and O–H groups in total. The fraction of sp³-hybridized carbons (Fsp3) is 0.846. The first kappa shape index (κ1) is 16.5. The van der Waals surface area contributed by atoms with Crippen molar-refractivity contribution in [2.75, 3.05) is 25.4 Å². The first-order valence-electron chi connectivity index (χ1n) is 6.82. The fourth-order valence-corrected chi connectivity index (χ4v) is 3.25. The average Bonchev–Trinajstić information content (AvgIpc) is 2.40. The molecule has 0 aliphatic carbocycles. The van der Waals surface area contributed by atoms with Crippen molar-refractivity contribution in [3.63, 3.8) is 0 Å². The van der Waals surface area contributed by atoms with Crippen LogP contribution in [0.2, 0.25) is 0 Å². The van der Waals surface area contributed by atoms with Crippen molar-refractivity contribution in [1.29, 1.82) is 0 Å². The molecule has 0 aromatic rings. The van der Waals surface area contributed by atoms with Gasteiger partial charge in [0, 0.05) is 25.3 Å². The number of unbranched alkanes of at least 4 members (excludes halogenated alkanes) is 3. The number of β-amino-alcohol motifs (C(OH)–C–C–N with tert-alkyl or cyclic N) is 1. The molecule has 1 heterocycles. The number of amides is 1. The van der Waals surface area contributed by atoms with Crippen molar-refractivity contribution in [3.05, 3.63) is 0 Å². The Balaban J connectivity index is 2.34. The van der Waals surface area contributed by atoms with Crippen LogP contribution in [-0.4, -0.2) is 64.1 Å². The molecule has 5 nitrogen and oxygen atoms in total. The smallest absolute Gasteiger partial charge is 0.235 e. The number of carbonyl (C=O) groups excluding carboxylic acids is 2. The lowest BCUT2D eigenvalue weighted by molar-refractivity contribution is -0.136. The lowest BCUT2D eigenvalue weighted by atomic mass is 10.1. The van der Waals surface area contributed by atoms with Crippen LogP contribution in [0.3, 0.4) is 0 Å². The summed E-state index contributed by atoms with van der Waals surface area (Å²) in [6.45, 7) is 1.10. The summed E-state index contributed by atoms with van der Waals surface area (Å²) in [4.78, 5) is 24.1. The van der Waals surface area contributed by atoms with E-state index in [1.807, 2.05) is 0 Å². The number of thioether (sulfide) groups is 1. The van der Waals surface area contributed by atoms with Crippen LogP contribution >= 0.6 is 11.8 Å². The highest BCUT2D eigenvalue weighted by atomic mass is 32.2. The van der Waals surface area contributed by atoms with Gasteiger partial charge in [-0.1, -0.05) is 6.42 Å². The second-order valence-electron chi connectivity index (χ2n) is 4.77. The first-order chi connectivity index (χ1) is 9.19. The number of rotatable bonds is 9. The maximum atomic E-state index is 12.2. The lowest BCUT2D eigenvalue weighted by Crippen LogP contribution is -2.49. The zero-order valence-corrected chi connectivity index (χ0v) is 12.0. The largest absolute Gasteiger partial charge is 0.396 e. The van der Waals surface area contributed by atoms with E-state index in [-0.39, 0.29) is 17.8 Å². The predicted octanol–water partition coefficient (Wildman–Crippen LogP) is 0.433. The number of aliphatic hydroxyl groups is 2. The van der Waals surface area contributed by atoms with Crippen LogP contribution in [0.15, 0.2) is 0 Å². The van der Waals surface area contributed by atoms with Gasteiger partial charge in [0.1, 0.15) is 6.29 Å². The summed E-state index contributed by atoms with van der Waals surface area (Å²) in [5, 5.41) is 18.4. The molecule has 0 aromatic carbocycles. The Hall–Kier alpha value is -0.590. The molecule has 19 heavy (non-hydrogen) atoms. The molecule has 1 saturated heterocycles. The standard InChI is InChI=1S/C13H23NO4S/c15-6-4-2-1-3-5-14-10-11(17)9-12(13(14)18)19-8-7-16/h6,11-12,16-17H,1-5,7-10H2. The Bertz CT molecular complexity index is 288. The molecule has 0 spiro atoms. The van der Waals surface area contributed by atoms with E-state index in [2.05, 4.69) is 0 Å². The minimum Gasteiger partial charge on any atom is -0.396 e. The van der Waals surface area contributed by atoms with E-state index < -0.39 is 6.10 Å². The molecule has 1 fully saturated rings. The second kappa shape index (κ2) is 9.34. The monoisotopic (exact) mass is 289 g/mol. The first-order valence-corrected chi connectivity index (χ1v) is 7.87. The summed E-state index contributed by atoms with van der Waals surface area (Å²) >= 11 is 1.41. The molecule has 6 heteroatoms. The number of aliphatic hydroxyl groups excluding tert-OH is 2. The molecule has 110 valence electrons. The second-order valence-corrected chi connectivity index (χ2v) is 6.08. The summed E-state index contributed by atoms with van der Waals surface area (Å²) in [6, 6.07) is 0. The Morgan fingerprint density at radius 3 is 2.84 bits per heavy atom. The van der Waals surface area contributed by atoms with Gasteiger partial charge in [0.25, 0.3) is 0 Å². The van der Waals surface area contributed by atoms with Crippen molar-refractivity contribution in [1.82, 2.24) is 4.90 Å². The van der Waals surface area contributed by atoms with Gasteiger partial charge in [-0.3, -0.25) is 4.79 Å². The summed E-state index contributed by atoms with van der Waals surface area (Å²) < 4.78 is 0. The van der Waals surface area contributed by atoms with Crippen molar-refractivity contribution in [3.8, 4) is 0 Å². The van der Waals surface area contributed by atoms with Crippen LogP contribution in [0.5, 0.6) is 0 Å². The molecule has 0 bridgehead atoms. The molecule has 0 aromatic heterocycles. The SMILES string of the molecule is O=CCCCCCN1CC(O)CC(SCCO)C1=O. The Morgan fingerprint density at radius 1 is 1.37 bits per heavy atom. The van der Waals surface area contributed by atoms with Crippen LogP contribution in [0.25, 0.3) is 0 Å². The minimum atomic E-state index is -0.469. The Labute approximate surface area is 118 Å². The number of carbonyl (C=O) groups is 2. The summed E-state index contributed by atoms with van der Waals surface area (Å²) in [7, 11) is 0. The van der Waals surface area contributed by atoms with Gasteiger partial charge in [0.2, 0.25) is 5.91 Å². The third-order valence-electron chi connectivity index (χ3n) is 3.16. The van der Waals surface area contributed by atoms with Crippen molar-refractivity contribution >= 4 is 24.0 Å². The molecular formula is C13H23NO4S. The van der Waals surface area contributed by atoms with Gasteiger partial charge in [0.15, 0.2) is 0 Å². The van der Waals surface area contributed by atoms with E-state index in [1.165, 1.54) is 11.8 Å². The van der Waals surface area contributed by atoms with E-state index in [1.54, 1.807) is 4.90 Å². The minimum absolute atomic E-state index is 0.0518. The highest BCUT2D eigenvalue weighted by molar-refractivity contribution is 8.00. The maximum Gasteiger partial charge on any atom is 0.235 e.